The Kier molecular flexibility index (Phi) is 4.13. The van der Waals surface area contributed by atoms with Crippen molar-refractivity contribution >= 4 is 41.2 Å². The van der Waals surface area contributed by atoms with Gasteiger partial charge in [-0.3, -0.25) is 14.7 Å². The van der Waals surface area contributed by atoms with Gasteiger partial charge < -0.3 is 15.5 Å². The van der Waals surface area contributed by atoms with Gasteiger partial charge in [-0.05, 0) is 13.8 Å². The normalized spacial score (nSPS) is 32.1. The highest BCUT2D eigenvalue weighted by atomic mass is 32.2. The molecule has 0 aromatic rings. The lowest BCUT2D eigenvalue weighted by Crippen LogP contribution is -2.60. The smallest absolute Gasteiger partial charge is 0.354 e. The summed E-state index contributed by atoms with van der Waals surface area (Å²) in [6.45, 7) is 4.80. The molecule has 22 heavy (non-hydrogen) atoms. The summed E-state index contributed by atoms with van der Waals surface area (Å²) in [5.41, 5.74) is 0.0492. The van der Waals surface area contributed by atoms with Crippen LogP contribution in [0.5, 0.6) is 0 Å². The van der Waals surface area contributed by atoms with Crippen LogP contribution in [0, 0.1) is 5.92 Å². The molecule has 0 aromatic carbocycles. The summed E-state index contributed by atoms with van der Waals surface area (Å²) in [5.74, 6) is -1.05. The third kappa shape index (κ3) is 2.50. The molecule has 1 unspecified atom stereocenters. The number of nitrogens with one attached hydrogen (secondary N) is 1. The average molecular weight is 343 g/mol. The van der Waals surface area contributed by atoms with Crippen LogP contribution in [0.4, 0.5) is 0 Å². The van der Waals surface area contributed by atoms with E-state index in [1.165, 1.54) is 28.4 Å². The Bertz CT molecular complexity index is 590. The number of aliphatic hydroxyl groups is 1. The van der Waals surface area contributed by atoms with Crippen LogP contribution in [0.1, 0.15) is 13.8 Å². The van der Waals surface area contributed by atoms with Crippen molar-refractivity contribution in [2.45, 2.75) is 30.6 Å². The number of hydrogen-bond acceptors (Lipinski definition) is 7. The minimum Gasteiger partial charge on any atom is -0.477 e. The van der Waals surface area contributed by atoms with Crippen LogP contribution in [-0.2, 0) is 9.59 Å². The number of aliphatic hydroxyl groups excluding tert-OH is 1. The van der Waals surface area contributed by atoms with E-state index in [0.717, 1.165) is 12.4 Å². The molecule has 0 aliphatic carbocycles. The van der Waals surface area contributed by atoms with Gasteiger partial charge in [-0.25, -0.2) is 4.79 Å². The van der Waals surface area contributed by atoms with Crippen molar-refractivity contribution in [3.63, 3.8) is 0 Å². The van der Waals surface area contributed by atoms with Gasteiger partial charge in [0.25, 0.3) is 0 Å². The molecule has 120 valence electrons. The lowest BCUT2D eigenvalue weighted by atomic mass is 9.92. The molecule has 1 fully saturated rings. The molecular weight excluding hydrogens is 326 g/mol. The highest BCUT2D eigenvalue weighted by molar-refractivity contribution is 8.23. The zero-order valence-electron chi connectivity index (χ0n) is 12.1. The second-order valence-corrected chi connectivity index (χ2v) is 8.17. The number of β-lactam (4-membered cyclic amide) rings is 1. The minimum absolute atomic E-state index is 0.0492. The maximum atomic E-state index is 12.1. The molecule has 0 spiro atoms. The molecule has 0 aromatic heterocycles. The molecule has 4 atom stereocenters. The van der Waals surface area contributed by atoms with E-state index < -0.39 is 18.0 Å². The Morgan fingerprint density at radius 3 is 2.86 bits per heavy atom. The maximum absolute atomic E-state index is 12.1. The zero-order chi connectivity index (χ0) is 16.0. The number of nitrogens with zero attached hydrogens (tertiary/aromatic N) is 2. The molecule has 7 nitrogen and oxygen atoms in total. The Hall–Kier alpha value is -1.19. The van der Waals surface area contributed by atoms with Crippen molar-refractivity contribution in [3.8, 4) is 0 Å². The van der Waals surface area contributed by atoms with E-state index in [-0.39, 0.29) is 22.2 Å². The summed E-state index contributed by atoms with van der Waals surface area (Å²) in [5, 5.41) is 22.1. The number of aliphatic imine (C=N–C) groups is 1. The van der Waals surface area contributed by atoms with Crippen molar-refractivity contribution in [2.75, 3.05) is 13.1 Å². The summed E-state index contributed by atoms with van der Waals surface area (Å²) in [7, 11) is 0. The van der Waals surface area contributed by atoms with Crippen molar-refractivity contribution in [1.82, 2.24) is 10.2 Å². The molecule has 3 N–H and O–H groups in total. The third-order valence-corrected chi connectivity index (χ3v) is 6.65. The summed E-state index contributed by atoms with van der Waals surface area (Å²) in [6.07, 6.45) is -0.774. The number of hydrogen-bond donors (Lipinski definition) is 3. The number of carbonyl (C=O) groups is 2. The summed E-state index contributed by atoms with van der Waals surface area (Å²) < 4.78 is 0.635. The van der Waals surface area contributed by atoms with E-state index in [1.54, 1.807) is 6.92 Å². The quantitative estimate of drug-likeness (QED) is 0.630. The molecule has 3 heterocycles. The van der Waals surface area contributed by atoms with Crippen molar-refractivity contribution in [1.29, 1.82) is 0 Å². The number of amides is 1. The highest BCUT2D eigenvalue weighted by Gasteiger charge is 2.57. The topological polar surface area (TPSA) is 102 Å². The van der Waals surface area contributed by atoms with Gasteiger partial charge in [0, 0.05) is 11.8 Å². The first-order valence-corrected chi connectivity index (χ1v) is 8.73. The summed E-state index contributed by atoms with van der Waals surface area (Å²) >= 11 is 2.81. The molecule has 3 rings (SSSR count). The predicted molar refractivity (Wildman–Crippen MR) is 85.4 cm³/mol. The van der Waals surface area contributed by atoms with Crippen molar-refractivity contribution in [3.05, 3.63) is 9.93 Å². The Morgan fingerprint density at radius 1 is 1.59 bits per heavy atom. The number of carboxylic acids is 1. The molecule has 3 aliphatic rings. The minimum atomic E-state index is -1.10. The molecular formula is C13H17N3O4S2. The van der Waals surface area contributed by atoms with E-state index in [9.17, 15) is 19.8 Å². The van der Waals surface area contributed by atoms with Crippen LogP contribution in [0.15, 0.2) is 14.9 Å². The van der Waals surface area contributed by atoms with E-state index in [0.29, 0.717) is 10.8 Å². The number of amidine groups is 1. The predicted octanol–water partition coefficient (Wildman–Crippen LogP) is 0.276. The van der Waals surface area contributed by atoms with Gasteiger partial charge in [0.1, 0.15) is 5.37 Å². The lowest BCUT2D eigenvalue weighted by Gasteiger charge is -2.43. The SMILES string of the molecule is CC1=NCC(SC2=C(C(=O)O)N3C(=O)[C@H]([C@@H](C)O)[C@H]3S2)CN1. The van der Waals surface area contributed by atoms with Crippen LogP contribution >= 0.6 is 23.5 Å². The van der Waals surface area contributed by atoms with Gasteiger partial charge in [-0.1, -0.05) is 11.8 Å². The second-order valence-electron chi connectivity index (χ2n) is 5.47. The number of thioether (sulfide) groups is 2. The molecule has 3 aliphatic heterocycles. The van der Waals surface area contributed by atoms with Crippen LogP contribution in [0.2, 0.25) is 0 Å². The molecule has 0 bridgehead atoms. The first-order valence-electron chi connectivity index (χ1n) is 6.97. The van der Waals surface area contributed by atoms with Gasteiger partial charge >= 0.3 is 5.97 Å². The van der Waals surface area contributed by atoms with Gasteiger partial charge in [0.15, 0.2) is 5.70 Å². The Balaban J connectivity index is 1.78. The second kappa shape index (κ2) is 5.78. The van der Waals surface area contributed by atoms with E-state index in [2.05, 4.69) is 10.3 Å². The fourth-order valence-corrected chi connectivity index (χ4v) is 5.85. The van der Waals surface area contributed by atoms with Crippen molar-refractivity contribution in [2.24, 2.45) is 10.9 Å². The van der Waals surface area contributed by atoms with Crippen LogP contribution in [-0.4, -0.2) is 62.6 Å². The molecule has 1 saturated heterocycles. The fourth-order valence-electron chi connectivity index (χ4n) is 2.68. The van der Waals surface area contributed by atoms with E-state index >= 15 is 0 Å². The Morgan fingerprint density at radius 2 is 2.32 bits per heavy atom. The van der Waals surface area contributed by atoms with Gasteiger partial charge in [-0.2, -0.15) is 0 Å². The zero-order valence-corrected chi connectivity index (χ0v) is 13.8. The number of fused-ring (bicyclic) bond motifs is 1. The number of rotatable bonds is 4. The Labute approximate surface area is 136 Å². The highest BCUT2D eigenvalue weighted by Crippen LogP contribution is 2.54. The summed E-state index contributed by atoms with van der Waals surface area (Å²) in [4.78, 5) is 29.2. The molecule has 0 radical (unpaired) electrons. The molecule has 9 heteroatoms. The fraction of sp³-hybridized carbons (Fsp3) is 0.615. The first-order chi connectivity index (χ1) is 10.4. The summed E-state index contributed by atoms with van der Waals surface area (Å²) in [6, 6.07) is 0. The van der Waals surface area contributed by atoms with Crippen LogP contribution in [0.3, 0.4) is 0 Å². The largest absolute Gasteiger partial charge is 0.477 e. The van der Waals surface area contributed by atoms with E-state index in [4.69, 9.17) is 0 Å². The standard InChI is InChI=1S/C13H17N3O4S2/c1-5(17)8-10(18)16-9(12(19)20)13(22-11(8)16)21-7-3-14-6(2)15-4-7/h5,7-8,11,17H,3-4H2,1-2H3,(H,14,15)(H,19,20)/t5-,8+,11-/m1/s1. The lowest BCUT2D eigenvalue weighted by molar-refractivity contribution is -0.156. The number of carbonyl (C=O) groups excluding carboxylic acids is 1. The average Bonchev–Trinajstić information content (AvgIpc) is 2.75. The number of carboxylic acid groups (broad SMARTS) is 1. The van der Waals surface area contributed by atoms with Gasteiger partial charge in [-0.15, -0.1) is 11.8 Å². The first kappa shape index (κ1) is 15.7. The van der Waals surface area contributed by atoms with E-state index in [1.807, 2.05) is 6.92 Å². The van der Waals surface area contributed by atoms with Crippen molar-refractivity contribution < 1.29 is 19.8 Å². The van der Waals surface area contributed by atoms with Crippen LogP contribution in [0.25, 0.3) is 0 Å². The van der Waals surface area contributed by atoms with Gasteiger partial charge in [0.05, 0.1) is 28.6 Å². The molecule has 1 amide bonds. The molecule has 0 saturated carbocycles. The van der Waals surface area contributed by atoms with Crippen LogP contribution < -0.4 is 5.32 Å². The monoisotopic (exact) mass is 343 g/mol. The maximum Gasteiger partial charge on any atom is 0.354 e. The number of aliphatic carboxylic acids is 1. The third-order valence-electron chi connectivity index (χ3n) is 3.86. The van der Waals surface area contributed by atoms with Gasteiger partial charge in [0.2, 0.25) is 5.91 Å².